The van der Waals surface area contributed by atoms with Crippen molar-refractivity contribution >= 4 is 28.2 Å². The quantitative estimate of drug-likeness (QED) is 0.790. The first-order valence-electron chi connectivity index (χ1n) is 6.67. The number of esters is 1. The Morgan fingerprint density at radius 3 is 2.60 bits per heavy atom. The van der Waals surface area contributed by atoms with E-state index in [1.54, 1.807) is 6.92 Å². The summed E-state index contributed by atoms with van der Waals surface area (Å²) in [5.41, 5.74) is 6.83. The van der Waals surface area contributed by atoms with E-state index in [1.807, 2.05) is 20.8 Å². The summed E-state index contributed by atoms with van der Waals surface area (Å²) in [6.45, 7) is 8.22. The fourth-order valence-corrected chi connectivity index (χ4v) is 2.81. The smallest absolute Gasteiger partial charge is 0.341 e. The first-order valence-corrected chi connectivity index (χ1v) is 7.49. The summed E-state index contributed by atoms with van der Waals surface area (Å²) in [4.78, 5) is 24.9. The predicted octanol–water partition coefficient (Wildman–Crippen LogP) is 2.47. The van der Waals surface area contributed by atoms with Gasteiger partial charge in [0.1, 0.15) is 5.00 Å². The molecule has 0 aliphatic rings. The standard InChI is InChI=1S/C14H22N2O3S/c1-5-19-14(18)12-9(3)10(4)20-13(12)16-11(17)6-8(2)7-15/h8H,5-7,15H2,1-4H3,(H,16,17). The number of hydrogen-bond donors (Lipinski definition) is 2. The molecule has 0 spiro atoms. The lowest BCUT2D eigenvalue weighted by molar-refractivity contribution is -0.116. The van der Waals surface area contributed by atoms with Crippen LogP contribution in [0.5, 0.6) is 0 Å². The van der Waals surface area contributed by atoms with Crippen LogP contribution in [0.1, 0.15) is 41.1 Å². The normalized spacial score (nSPS) is 12.1. The number of thiophene rings is 1. The van der Waals surface area contributed by atoms with Crippen LogP contribution in [0.4, 0.5) is 5.00 Å². The predicted molar refractivity (Wildman–Crippen MR) is 81.2 cm³/mol. The summed E-state index contributed by atoms with van der Waals surface area (Å²) in [7, 11) is 0. The van der Waals surface area contributed by atoms with Gasteiger partial charge in [0.05, 0.1) is 12.2 Å². The number of anilines is 1. The Balaban J connectivity index is 2.92. The minimum absolute atomic E-state index is 0.114. The van der Waals surface area contributed by atoms with E-state index in [1.165, 1.54) is 11.3 Å². The molecule has 0 aliphatic heterocycles. The third-order valence-corrected chi connectivity index (χ3v) is 4.18. The van der Waals surface area contributed by atoms with Crippen LogP contribution in [0, 0.1) is 19.8 Å². The van der Waals surface area contributed by atoms with Gasteiger partial charge in [0.15, 0.2) is 0 Å². The van der Waals surface area contributed by atoms with E-state index in [2.05, 4.69) is 5.32 Å². The van der Waals surface area contributed by atoms with Crippen LogP contribution in [-0.4, -0.2) is 25.0 Å². The number of nitrogens with one attached hydrogen (secondary N) is 1. The number of carbonyl (C=O) groups is 2. The Morgan fingerprint density at radius 2 is 2.05 bits per heavy atom. The summed E-state index contributed by atoms with van der Waals surface area (Å²) in [5.74, 6) is -0.408. The van der Waals surface area contributed by atoms with Crippen molar-refractivity contribution in [3.05, 3.63) is 16.0 Å². The van der Waals surface area contributed by atoms with Crippen molar-refractivity contribution < 1.29 is 14.3 Å². The number of hydrogen-bond acceptors (Lipinski definition) is 5. The van der Waals surface area contributed by atoms with Crippen molar-refractivity contribution in [2.75, 3.05) is 18.5 Å². The number of amides is 1. The lowest BCUT2D eigenvalue weighted by Gasteiger charge is -2.09. The van der Waals surface area contributed by atoms with Crippen molar-refractivity contribution in [2.45, 2.75) is 34.1 Å². The molecule has 1 amide bonds. The van der Waals surface area contributed by atoms with Gasteiger partial charge in [-0.1, -0.05) is 6.92 Å². The lowest BCUT2D eigenvalue weighted by atomic mass is 10.1. The average molecular weight is 298 g/mol. The summed E-state index contributed by atoms with van der Waals surface area (Å²) in [6.07, 6.45) is 0.342. The van der Waals surface area contributed by atoms with E-state index in [0.717, 1.165) is 10.4 Å². The van der Waals surface area contributed by atoms with Gasteiger partial charge >= 0.3 is 5.97 Å². The highest BCUT2D eigenvalue weighted by Gasteiger charge is 2.22. The van der Waals surface area contributed by atoms with Gasteiger partial charge in [-0.3, -0.25) is 4.79 Å². The van der Waals surface area contributed by atoms with Crippen molar-refractivity contribution in [3.8, 4) is 0 Å². The van der Waals surface area contributed by atoms with Crippen molar-refractivity contribution in [1.82, 2.24) is 0 Å². The van der Waals surface area contributed by atoms with Crippen LogP contribution < -0.4 is 11.1 Å². The van der Waals surface area contributed by atoms with Gasteiger partial charge in [-0.2, -0.15) is 0 Å². The Kier molecular flexibility index (Phi) is 6.16. The second-order valence-corrected chi connectivity index (χ2v) is 6.03. The van der Waals surface area contributed by atoms with E-state index < -0.39 is 5.97 Å². The molecule has 0 aliphatic carbocycles. The maximum absolute atomic E-state index is 12.0. The van der Waals surface area contributed by atoms with E-state index in [0.29, 0.717) is 30.1 Å². The average Bonchev–Trinajstić information content (AvgIpc) is 2.64. The van der Waals surface area contributed by atoms with Gasteiger partial charge in [0.25, 0.3) is 0 Å². The zero-order chi connectivity index (χ0) is 15.3. The minimum atomic E-state index is -0.392. The Labute approximate surface area is 123 Å². The van der Waals surface area contributed by atoms with Gasteiger partial charge < -0.3 is 15.8 Å². The highest BCUT2D eigenvalue weighted by molar-refractivity contribution is 7.16. The monoisotopic (exact) mass is 298 g/mol. The molecule has 0 saturated heterocycles. The number of rotatable bonds is 6. The fraction of sp³-hybridized carbons (Fsp3) is 0.571. The van der Waals surface area contributed by atoms with E-state index in [-0.39, 0.29) is 11.8 Å². The zero-order valence-corrected chi connectivity index (χ0v) is 13.2. The Hall–Kier alpha value is -1.40. The van der Waals surface area contributed by atoms with Crippen LogP contribution in [0.3, 0.4) is 0 Å². The molecule has 1 heterocycles. The van der Waals surface area contributed by atoms with Crippen LogP contribution in [0.25, 0.3) is 0 Å². The Bertz CT molecular complexity index is 497. The number of aryl methyl sites for hydroxylation is 1. The number of nitrogens with two attached hydrogens (primary N) is 1. The second-order valence-electron chi connectivity index (χ2n) is 4.80. The first kappa shape index (κ1) is 16.7. The molecule has 112 valence electrons. The molecule has 1 atom stereocenters. The molecule has 1 rings (SSSR count). The molecular formula is C14H22N2O3S. The minimum Gasteiger partial charge on any atom is -0.462 e. The largest absolute Gasteiger partial charge is 0.462 e. The Morgan fingerprint density at radius 1 is 1.40 bits per heavy atom. The molecule has 0 radical (unpaired) electrons. The summed E-state index contributed by atoms with van der Waals surface area (Å²) in [6, 6.07) is 0. The van der Waals surface area contributed by atoms with Crippen LogP contribution in [0.15, 0.2) is 0 Å². The molecule has 1 unspecified atom stereocenters. The highest BCUT2D eigenvalue weighted by atomic mass is 32.1. The molecule has 0 aromatic carbocycles. The lowest BCUT2D eigenvalue weighted by Crippen LogP contribution is -2.20. The molecule has 0 saturated carbocycles. The molecular weight excluding hydrogens is 276 g/mol. The van der Waals surface area contributed by atoms with Crippen molar-refractivity contribution in [1.29, 1.82) is 0 Å². The van der Waals surface area contributed by atoms with E-state index >= 15 is 0 Å². The maximum Gasteiger partial charge on any atom is 0.341 e. The molecule has 1 aromatic rings. The molecule has 0 bridgehead atoms. The summed E-state index contributed by atoms with van der Waals surface area (Å²) < 4.78 is 5.04. The van der Waals surface area contributed by atoms with Gasteiger partial charge in [-0.05, 0) is 38.8 Å². The highest BCUT2D eigenvalue weighted by Crippen LogP contribution is 2.33. The molecule has 5 nitrogen and oxygen atoms in total. The van der Waals surface area contributed by atoms with Gasteiger partial charge in [-0.25, -0.2) is 4.79 Å². The van der Waals surface area contributed by atoms with Gasteiger partial charge in [0, 0.05) is 11.3 Å². The molecule has 3 N–H and O–H groups in total. The van der Waals surface area contributed by atoms with Crippen LogP contribution in [0.2, 0.25) is 0 Å². The SMILES string of the molecule is CCOC(=O)c1c(NC(=O)CC(C)CN)sc(C)c1C. The van der Waals surface area contributed by atoms with E-state index in [4.69, 9.17) is 10.5 Å². The first-order chi connectivity index (χ1) is 9.40. The van der Waals surface area contributed by atoms with Crippen LogP contribution >= 0.6 is 11.3 Å². The molecule has 1 aromatic heterocycles. The maximum atomic E-state index is 12.0. The van der Waals surface area contributed by atoms with E-state index in [9.17, 15) is 9.59 Å². The van der Waals surface area contributed by atoms with Crippen molar-refractivity contribution in [3.63, 3.8) is 0 Å². The third-order valence-electron chi connectivity index (χ3n) is 3.05. The summed E-state index contributed by atoms with van der Waals surface area (Å²) in [5, 5.41) is 3.36. The molecule has 20 heavy (non-hydrogen) atoms. The van der Waals surface area contributed by atoms with Crippen molar-refractivity contribution in [2.24, 2.45) is 11.7 Å². The zero-order valence-electron chi connectivity index (χ0n) is 12.4. The summed E-state index contributed by atoms with van der Waals surface area (Å²) >= 11 is 1.39. The number of ether oxygens (including phenoxy) is 1. The third kappa shape index (κ3) is 4.05. The topological polar surface area (TPSA) is 81.4 Å². The van der Waals surface area contributed by atoms with Crippen LogP contribution in [-0.2, 0) is 9.53 Å². The molecule has 0 fully saturated rings. The number of carbonyl (C=O) groups excluding carboxylic acids is 2. The van der Waals surface area contributed by atoms with Gasteiger partial charge in [0.2, 0.25) is 5.91 Å². The molecule has 6 heteroatoms. The second kappa shape index (κ2) is 7.40. The van der Waals surface area contributed by atoms with Gasteiger partial charge in [-0.15, -0.1) is 11.3 Å². The fourth-order valence-electron chi connectivity index (χ4n) is 1.74.